The summed E-state index contributed by atoms with van der Waals surface area (Å²) in [4.78, 5) is 26.3. The Morgan fingerprint density at radius 1 is 1.07 bits per heavy atom. The summed E-state index contributed by atoms with van der Waals surface area (Å²) in [5, 5.41) is 5.47. The Bertz CT molecular complexity index is 857. The van der Waals surface area contributed by atoms with E-state index in [-0.39, 0.29) is 11.8 Å². The molecule has 1 aliphatic rings. The molecule has 152 valence electrons. The molecular weight excluding hydrogens is 362 g/mol. The number of piperidine rings is 1. The predicted molar refractivity (Wildman–Crippen MR) is 118 cm³/mol. The van der Waals surface area contributed by atoms with E-state index in [4.69, 9.17) is 0 Å². The molecule has 2 N–H and O–H groups in total. The molecule has 0 radical (unpaired) electrons. The van der Waals surface area contributed by atoms with Gasteiger partial charge < -0.3 is 10.6 Å². The van der Waals surface area contributed by atoms with Crippen LogP contribution < -0.4 is 10.6 Å². The minimum Gasteiger partial charge on any atom is -0.355 e. The van der Waals surface area contributed by atoms with E-state index in [9.17, 15) is 9.59 Å². The quantitative estimate of drug-likeness (QED) is 0.730. The van der Waals surface area contributed by atoms with Gasteiger partial charge in [0, 0.05) is 37.0 Å². The first-order valence-electron chi connectivity index (χ1n) is 10.2. The van der Waals surface area contributed by atoms with Crippen molar-refractivity contribution in [3.8, 4) is 0 Å². The smallest absolute Gasteiger partial charge is 0.251 e. The lowest BCUT2D eigenvalue weighted by Gasteiger charge is -2.33. The molecule has 2 aromatic carbocycles. The molecule has 29 heavy (non-hydrogen) atoms. The zero-order valence-corrected chi connectivity index (χ0v) is 17.2. The van der Waals surface area contributed by atoms with Crippen LogP contribution in [0, 0.1) is 0 Å². The van der Waals surface area contributed by atoms with E-state index in [2.05, 4.69) is 34.6 Å². The molecule has 0 aliphatic carbocycles. The molecule has 1 unspecified atom stereocenters. The molecule has 0 saturated carbocycles. The van der Waals surface area contributed by atoms with Crippen LogP contribution in [0.5, 0.6) is 0 Å². The molecule has 5 nitrogen and oxygen atoms in total. The molecule has 1 heterocycles. The zero-order valence-electron chi connectivity index (χ0n) is 17.2. The Kier molecular flexibility index (Phi) is 7.19. The lowest BCUT2D eigenvalue weighted by atomic mass is 10.0. The maximum absolute atomic E-state index is 12.2. The Balaban J connectivity index is 1.52. The highest BCUT2D eigenvalue weighted by Gasteiger charge is 2.17. The molecule has 2 amide bonds. The Labute approximate surface area is 172 Å². The van der Waals surface area contributed by atoms with Gasteiger partial charge in [0.25, 0.3) is 5.91 Å². The summed E-state index contributed by atoms with van der Waals surface area (Å²) < 4.78 is 0. The number of anilines is 1. The summed E-state index contributed by atoms with van der Waals surface area (Å²) in [7, 11) is 1.60. The van der Waals surface area contributed by atoms with Crippen molar-refractivity contribution in [2.45, 2.75) is 38.8 Å². The molecule has 0 spiro atoms. The van der Waals surface area contributed by atoms with Gasteiger partial charge in [0.05, 0.1) is 0 Å². The first kappa shape index (κ1) is 20.8. The van der Waals surface area contributed by atoms with E-state index >= 15 is 0 Å². The second-order valence-corrected chi connectivity index (χ2v) is 7.54. The number of nitrogens with zero attached hydrogens (tertiary/aromatic N) is 1. The van der Waals surface area contributed by atoms with Crippen molar-refractivity contribution in [3.05, 3.63) is 71.3 Å². The van der Waals surface area contributed by atoms with Crippen molar-refractivity contribution in [2.75, 3.05) is 18.9 Å². The predicted octanol–water partition coefficient (Wildman–Crippen LogP) is 4.07. The fourth-order valence-electron chi connectivity index (χ4n) is 3.57. The number of hydrogen-bond donors (Lipinski definition) is 2. The normalized spacial score (nSPS) is 17.2. The number of nitrogens with one attached hydrogen (secondary N) is 2. The van der Waals surface area contributed by atoms with Crippen molar-refractivity contribution in [1.82, 2.24) is 10.2 Å². The lowest BCUT2D eigenvalue weighted by Crippen LogP contribution is -2.36. The van der Waals surface area contributed by atoms with Crippen molar-refractivity contribution in [1.29, 1.82) is 0 Å². The maximum atomic E-state index is 12.2. The van der Waals surface area contributed by atoms with Crippen molar-refractivity contribution in [3.63, 3.8) is 0 Å². The van der Waals surface area contributed by atoms with Gasteiger partial charge in [-0.05, 0) is 67.8 Å². The summed E-state index contributed by atoms with van der Waals surface area (Å²) >= 11 is 0. The molecule has 3 rings (SSSR count). The molecule has 1 aliphatic heterocycles. The van der Waals surface area contributed by atoms with Crippen LogP contribution in [0.15, 0.2) is 54.6 Å². The topological polar surface area (TPSA) is 61.4 Å². The Hall–Kier alpha value is -2.92. The zero-order chi connectivity index (χ0) is 20.6. The van der Waals surface area contributed by atoms with Crippen LogP contribution in [0.2, 0.25) is 0 Å². The number of carbonyl (C=O) groups is 2. The van der Waals surface area contributed by atoms with Gasteiger partial charge in [-0.25, -0.2) is 0 Å². The van der Waals surface area contributed by atoms with Gasteiger partial charge in [0.1, 0.15) is 0 Å². The number of amides is 2. The minimum atomic E-state index is -0.183. The highest BCUT2D eigenvalue weighted by molar-refractivity contribution is 6.02. The molecule has 0 aromatic heterocycles. The van der Waals surface area contributed by atoms with Crippen LogP contribution in [0.4, 0.5) is 5.69 Å². The first-order chi connectivity index (χ1) is 14.0. The molecule has 0 bridgehead atoms. The number of benzene rings is 2. The van der Waals surface area contributed by atoms with Gasteiger partial charge in [0.15, 0.2) is 0 Å². The van der Waals surface area contributed by atoms with Crippen molar-refractivity contribution >= 4 is 23.6 Å². The van der Waals surface area contributed by atoms with Gasteiger partial charge in [-0.2, -0.15) is 0 Å². The number of carbonyl (C=O) groups excluding carboxylic acids is 2. The van der Waals surface area contributed by atoms with Crippen LogP contribution in [0.3, 0.4) is 0 Å². The highest BCUT2D eigenvalue weighted by Crippen LogP contribution is 2.20. The molecule has 1 fully saturated rings. The third-order valence-electron chi connectivity index (χ3n) is 5.37. The second-order valence-electron chi connectivity index (χ2n) is 7.54. The lowest BCUT2D eigenvalue weighted by molar-refractivity contribution is -0.111. The summed E-state index contributed by atoms with van der Waals surface area (Å²) in [5.41, 5.74) is 3.50. The molecule has 2 aromatic rings. The van der Waals surface area contributed by atoms with E-state index in [0.717, 1.165) is 24.3 Å². The van der Waals surface area contributed by atoms with Crippen LogP contribution in [-0.4, -0.2) is 36.3 Å². The van der Waals surface area contributed by atoms with Crippen molar-refractivity contribution in [2.24, 2.45) is 0 Å². The summed E-state index contributed by atoms with van der Waals surface area (Å²) in [6, 6.07) is 15.8. The standard InChI is InChI=1S/C24H29N3O2/c1-18-5-3-4-16-27(18)17-20-8-13-22(14-9-20)26-23(28)15-10-19-6-11-21(12-7-19)24(29)25-2/h6-15,18H,3-5,16-17H2,1-2H3,(H,25,29)(H,26,28). The summed E-state index contributed by atoms with van der Waals surface area (Å²) in [6.07, 6.45) is 7.11. The van der Waals surface area contributed by atoms with E-state index in [0.29, 0.717) is 11.6 Å². The van der Waals surface area contributed by atoms with Crippen LogP contribution in [0.25, 0.3) is 6.08 Å². The van der Waals surface area contributed by atoms with E-state index < -0.39 is 0 Å². The van der Waals surface area contributed by atoms with Gasteiger partial charge >= 0.3 is 0 Å². The average molecular weight is 392 g/mol. The van der Waals surface area contributed by atoms with Gasteiger partial charge in [-0.3, -0.25) is 14.5 Å². The second kappa shape index (κ2) is 10.0. The fraction of sp³-hybridized carbons (Fsp3) is 0.333. The van der Waals surface area contributed by atoms with Crippen LogP contribution in [-0.2, 0) is 11.3 Å². The Morgan fingerprint density at radius 2 is 1.79 bits per heavy atom. The average Bonchev–Trinajstić information content (AvgIpc) is 2.75. The maximum Gasteiger partial charge on any atom is 0.251 e. The summed E-state index contributed by atoms with van der Waals surface area (Å²) in [5.74, 6) is -0.311. The first-order valence-corrected chi connectivity index (χ1v) is 10.2. The van der Waals surface area contributed by atoms with Gasteiger partial charge in [-0.1, -0.05) is 30.7 Å². The SMILES string of the molecule is CNC(=O)c1ccc(C=CC(=O)Nc2ccc(CN3CCCCC3C)cc2)cc1. The third-order valence-corrected chi connectivity index (χ3v) is 5.37. The molecule has 1 atom stereocenters. The molecule has 5 heteroatoms. The number of likely N-dealkylation sites (tertiary alicyclic amines) is 1. The minimum absolute atomic E-state index is 0.128. The largest absolute Gasteiger partial charge is 0.355 e. The number of rotatable bonds is 6. The fourth-order valence-corrected chi connectivity index (χ4v) is 3.57. The Morgan fingerprint density at radius 3 is 2.45 bits per heavy atom. The third kappa shape index (κ3) is 6.03. The monoisotopic (exact) mass is 391 g/mol. The van der Waals surface area contributed by atoms with E-state index in [1.54, 1.807) is 25.3 Å². The highest BCUT2D eigenvalue weighted by atomic mass is 16.2. The van der Waals surface area contributed by atoms with Crippen LogP contribution in [0.1, 0.15) is 47.7 Å². The molecule has 1 saturated heterocycles. The van der Waals surface area contributed by atoms with Crippen molar-refractivity contribution < 1.29 is 9.59 Å². The molecular formula is C24H29N3O2. The van der Waals surface area contributed by atoms with Crippen LogP contribution >= 0.6 is 0 Å². The van der Waals surface area contributed by atoms with Gasteiger partial charge in [0.2, 0.25) is 5.91 Å². The van der Waals surface area contributed by atoms with Gasteiger partial charge in [-0.15, -0.1) is 0 Å². The summed E-state index contributed by atoms with van der Waals surface area (Å²) in [6.45, 7) is 4.42. The van der Waals surface area contributed by atoms with E-state index in [1.807, 2.05) is 24.3 Å². The van der Waals surface area contributed by atoms with E-state index in [1.165, 1.54) is 30.9 Å². The number of hydrogen-bond acceptors (Lipinski definition) is 3.